The number of benzene rings is 2. The Morgan fingerprint density at radius 1 is 1.06 bits per heavy atom. The molecule has 0 bridgehead atoms. The fraction of sp³-hybridized carbons (Fsp3) is 0.519. The highest BCUT2D eigenvalue weighted by molar-refractivity contribution is 5.99. The summed E-state index contributed by atoms with van der Waals surface area (Å²) in [6.45, 7) is 5.01. The van der Waals surface area contributed by atoms with Crippen molar-refractivity contribution in [3.8, 4) is 5.75 Å². The zero-order valence-corrected chi connectivity index (χ0v) is 20.0. The molecule has 1 atom stereocenters. The largest absolute Gasteiger partial charge is 0.492 e. The smallest absolute Gasteiger partial charge is 0.269 e. The number of carbonyl (C=O) groups excluding carboxylic acids is 1. The van der Waals surface area contributed by atoms with Crippen LogP contribution in [0.15, 0.2) is 48.5 Å². The first-order chi connectivity index (χ1) is 16.5. The van der Waals surface area contributed by atoms with Crippen molar-refractivity contribution in [2.24, 2.45) is 0 Å². The third kappa shape index (κ3) is 5.58. The van der Waals surface area contributed by atoms with Gasteiger partial charge in [0.05, 0.1) is 10.3 Å². The number of anilines is 1. The van der Waals surface area contributed by atoms with Crippen molar-refractivity contribution in [3.05, 3.63) is 64.2 Å². The van der Waals surface area contributed by atoms with Crippen molar-refractivity contribution >= 4 is 17.3 Å². The number of nitrogens with one attached hydrogen (secondary N) is 1. The number of piperidine rings is 1. The Bertz CT molecular complexity index is 968. The molecule has 7 heteroatoms. The van der Waals surface area contributed by atoms with Gasteiger partial charge in [0, 0.05) is 30.4 Å². The predicted octanol–water partition coefficient (Wildman–Crippen LogP) is 5.69. The average molecular weight is 466 g/mol. The number of nitro groups is 1. The van der Waals surface area contributed by atoms with E-state index in [0.717, 1.165) is 62.2 Å². The second-order valence-corrected chi connectivity index (χ2v) is 9.65. The van der Waals surface area contributed by atoms with E-state index >= 15 is 0 Å². The van der Waals surface area contributed by atoms with Crippen LogP contribution in [0.1, 0.15) is 63.9 Å². The van der Waals surface area contributed by atoms with Gasteiger partial charge in [-0.1, -0.05) is 37.8 Å². The van der Waals surface area contributed by atoms with Crippen molar-refractivity contribution in [1.82, 2.24) is 4.90 Å². The lowest BCUT2D eigenvalue weighted by Crippen LogP contribution is -2.42. The minimum absolute atomic E-state index is 0.0421. The number of nitrogens with zero attached hydrogens (tertiary/aromatic N) is 2. The molecule has 2 fully saturated rings. The second kappa shape index (κ2) is 11.0. The Balaban J connectivity index is 1.38. The van der Waals surface area contributed by atoms with Gasteiger partial charge in [-0.05, 0) is 69.0 Å². The van der Waals surface area contributed by atoms with Gasteiger partial charge < -0.3 is 10.1 Å². The van der Waals surface area contributed by atoms with Crippen LogP contribution in [0.4, 0.5) is 11.4 Å². The summed E-state index contributed by atoms with van der Waals surface area (Å²) >= 11 is 0. The number of amides is 1. The molecule has 1 aliphatic heterocycles. The number of hydrogen-bond acceptors (Lipinski definition) is 5. The highest BCUT2D eigenvalue weighted by atomic mass is 16.6. The molecule has 34 heavy (non-hydrogen) atoms. The van der Waals surface area contributed by atoms with E-state index in [-0.39, 0.29) is 11.6 Å². The van der Waals surface area contributed by atoms with Crippen molar-refractivity contribution in [1.29, 1.82) is 0 Å². The normalized spacial score (nSPS) is 20.4. The first-order valence-corrected chi connectivity index (χ1v) is 12.5. The third-order valence-electron chi connectivity index (χ3n) is 7.47. The van der Waals surface area contributed by atoms with Gasteiger partial charge in [-0.3, -0.25) is 19.8 Å². The van der Waals surface area contributed by atoms with E-state index in [0.29, 0.717) is 12.6 Å². The van der Waals surface area contributed by atoms with Gasteiger partial charge in [-0.25, -0.2) is 0 Å². The fourth-order valence-corrected chi connectivity index (χ4v) is 5.36. The second-order valence-electron chi connectivity index (χ2n) is 9.65. The van der Waals surface area contributed by atoms with Crippen LogP contribution in [0, 0.1) is 10.1 Å². The predicted molar refractivity (Wildman–Crippen MR) is 133 cm³/mol. The molecule has 7 nitrogen and oxygen atoms in total. The molecule has 1 heterocycles. The summed E-state index contributed by atoms with van der Waals surface area (Å²) in [7, 11) is 0. The fourth-order valence-electron chi connectivity index (χ4n) is 5.36. The first-order valence-electron chi connectivity index (χ1n) is 12.5. The maximum Gasteiger partial charge on any atom is 0.269 e. The van der Waals surface area contributed by atoms with Crippen LogP contribution in [0.3, 0.4) is 0 Å². The van der Waals surface area contributed by atoms with Crippen molar-refractivity contribution in [2.45, 2.75) is 69.7 Å². The zero-order chi connectivity index (χ0) is 24.0. The maximum atomic E-state index is 13.5. The lowest BCUT2D eigenvalue weighted by molar-refractivity contribution is -0.384. The van der Waals surface area contributed by atoms with Crippen LogP contribution < -0.4 is 10.1 Å². The molecular weight excluding hydrogens is 430 g/mol. The van der Waals surface area contributed by atoms with Crippen LogP contribution in [-0.4, -0.2) is 41.5 Å². The monoisotopic (exact) mass is 465 g/mol. The Labute approximate surface area is 201 Å². The van der Waals surface area contributed by atoms with Crippen molar-refractivity contribution in [3.63, 3.8) is 0 Å². The van der Waals surface area contributed by atoms with E-state index < -0.39 is 10.3 Å². The summed E-state index contributed by atoms with van der Waals surface area (Å²) < 4.78 is 5.94. The first kappa shape index (κ1) is 24.2. The van der Waals surface area contributed by atoms with Gasteiger partial charge >= 0.3 is 0 Å². The molecule has 1 amide bonds. The Morgan fingerprint density at radius 3 is 2.41 bits per heavy atom. The van der Waals surface area contributed by atoms with E-state index in [1.54, 1.807) is 12.1 Å². The third-order valence-corrected chi connectivity index (χ3v) is 7.47. The van der Waals surface area contributed by atoms with Crippen LogP contribution in [0.2, 0.25) is 0 Å². The van der Waals surface area contributed by atoms with E-state index in [1.807, 2.05) is 24.3 Å². The molecule has 0 spiro atoms. The number of ether oxygens (including phenoxy) is 1. The average Bonchev–Trinajstić information content (AvgIpc) is 2.86. The Kier molecular flexibility index (Phi) is 7.83. The molecule has 4 rings (SSSR count). The molecule has 182 valence electrons. The van der Waals surface area contributed by atoms with Crippen LogP contribution in [-0.2, 0) is 10.2 Å². The van der Waals surface area contributed by atoms with Gasteiger partial charge in [0.2, 0.25) is 5.91 Å². The Hall–Kier alpha value is -2.93. The number of rotatable bonds is 8. The SMILES string of the molecule is C[C@@H]1CCCCN1CCOc1ccc(NC(=O)C2(c3ccc([N+](=O)[O-])cc3)CCCCC2)cc1. The summed E-state index contributed by atoms with van der Waals surface area (Å²) in [4.78, 5) is 26.6. The summed E-state index contributed by atoms with van der Waals surface area (Å²) in [5, 5.41) is 14.1. The lowest BCUT2D eigenvalue weighted by atomic mass is 9.68. The number of hydrogen-bond donors (Lipinski definition) is 1. The van der Waals surface area contributed by atoms with Gasteiger partial charge in [-0.15, -0.1) is 0 Å². The standard InChI is InChI=1S/C27H35N3O4/c1-21-7-3-6-18-29(21)19-20-34-25-14-10-23(11-15-25)28-26(31)27(16-4-2-5-17-27)22-8-12-24(13-9-22)30(32)33/h8-15,21H,2-7,16-20H2,1H3,(H,28,31)/t21-/m1/s1. The molecule has 2 aromatic carbocycles. The van der Waals surface area contributed by atoms with E-state index in [9.17, 15) is 14.9 Å². The minimum atomic E-state index is -0.659. The molecule has 1 aliphatic carbocycles. The summed E-state index contributed by atoms with van der Waals surface area (Å²) in [6, 6.07) is 14.6. The highest BCUT2D eigenvalue weighted by Crippen LogP contribution is 2.41. The van der Waals surface area contributed by atoms with Crippen molar-refractivity contribution in [2.75, 3.05) is 25.0 Å². The molecular formula is C27H35N3O4. The molecule has 0 radical (unpaired) electrons. The molecule has 1 N–H and O–H groups in total. The van der Waals surface area contributed by atoms with Crippen LogP contribution in [0.5, 0.6) is 5.75 Å². The summed E-state index contributed by atoms with van der Waals surface area (Å²) in [5.41, 5.74) is 0.963. The zero-order valence-electron chi connectivity index (χ0n) is 20.0. The maximum absolute atomic E-state index is 13.5. The number of non-ortho nitro benzene ring substituents is 1. The quantitative estimate of drug-likeness (QED) is 0.400. The van der Waals surface area contributed by atoms with Gasteiger partial charge in [0.15, 0.2) is 0 Å². The molecule has 1 saturated carbocycles. The Morgan fingerprint density at radius 2 is 1.76 bits per heavy atom. The number of nitro benzene ring substituents is 1. The van der Waals surface area contributed by atoms with Gasteiger partial charge in [0.1, 0.15) is 12.4 Å². The minimum Gasteiger partial charge on any atom is -0.492 e. The van der Waals surface area contributed by atoms with E-state index in [2.05, 4.69) is 17.1 Å². The van der Waals surface area contributed by atoms with E-state index in [1.165, 1.54) is 31.4 Å². The molecule has 0 aromatic heterocycles. The molecule has 1 saturated heterocycles. The topological polar surface area (TPSA) is 84.7 Å². The number of likely N-dealkylation sites (tertiary alicyclic amines) is 1. The molecule has 0 unspecified atom stereocenters. The van der Waals surface area contributed by atoms with E-state index in [4.69, 9.17) is 4.74 Å². The summed E-state index contributed by atoms with van der Waals surface area (Å²) in [5.74, 6) is 0.749. The van der Waals surface area contributed by atoms with Crippen molar-refractivity contribution < 1.29 is 14.5 Å². The highest BCUT2D eigenvalue weighted by Gasteiger charge is 2.41. The molecule has 2 aliphatic rings. The number of carbonyl (C=O) groups is 1. The van der Waals surface area contributed by atoms with Gasteiger partial charge in [-0.2, -0.15) is 0 Å². The van der Waals surface area contributed by atoms with Gasteiger partial charge in [0.25, 0.3) is 5.69 Å². The van der Waals surface area contributed by atoms with Crippen LogP contribution >= 0.6 is 0 Å². The van der Waals surface area contributed by atoms with Crippen LogP contribution in [0.25, 0.3) is 0 Å². The summed E-state index contributed by atoms with van der Waals surface area (Å²) in [6.07, 6.45) is 8.36. The lowest BCUT2D eigenvalue weighted by Gasteiger charge is -2.36. The molecule has 2 aromatic rings.